The number of halogens is 1. The Morgan fingerprint density at radius 3 is 2.88 bits per heavy atom. The number of benzene rings is 1. The zero-order chi connectivity index (χ0) is 12.4. The first-order chi connectivity index (χ1) is 8.08. The number of hydrogen-bond acceptors (Lipinski definition) is 6. The number of anilines is 1. The van der Waals surface area contributed by atoms with Crippen molar-refractivity contribution in [1.82, 2.24) is 15.2 Å². The number of nitrogens with one attached hydrogen (secondary N) is 1. The lowest BCUT2D eigenvalue weighted by Gasteiger charge is -2.01. The minimum absolute atomic E-state index is 0.0918. The lowest BCUT2D eigenvalue weighted by Crippen LogP contribution is -1.91. The van der Waals surface area contributed by atoms with Gasteiger partial charge in [-0.2, -0.15) is 4.98 Å². The van der Waals surface area contributed by atoms with E-state index in [1.165, 1.54) is 12.1 Å². The Morgan fingerprint density at radius 2 is 2.29 bits per heavy atom. The second kappa shape index (κ2) is 4.60. The van der Waals surface area contributed by atoms with Gasteiger partial charge in [0, 0.05) is 6.07 Å². The predicted octanol–water partition coefficient (Wildman–Crippen LogP) is 2.10. The number of aromatic amines is 1. The maximum atomic E-state index is 10.8. The van der Waals surface area contributed by atoms with Crippen LogP contribution in [0.2, 0.25) is 5.02 Å². The summed E-state index contributed by atoms with van der Waals surface area (Å²) in [4.78, 5) is 14.5. The normalized spacial score (nSPS) is 10.4. The molecular weight excluding hydrogens is 266 g/mol. The van der Waals surface area contributed by atoms with Crippen LogP contribution in [0.4, 0.5) is 11.6 Å². The molecule has 0 radical (unpaired) electrons. The third kappa shape index (κ3) is 2.48. The van der Waals surface area contributed by atoms with Crippen LogP contribution < -0.4 is 5.73 Å². The number of nitro groups is 1. The fourth-order valence-corrected chi connectivity index (χ4v) is 2.25. The highest BCUT2D eigenvalue weighted by atomic mass is 35.5. The molecule has 1 aromatic carbocycles. The van der Waals surface area contributed by atoms with E-state index in [1.54, 1.807) is 6.07 Å². The average Bonchev–Trinajstić information content (AvgIpc) is 2.67. The average molecular weight is 272 g/mol. The topological polar surface area (TPSA) is 111 Å². The summed E-state index contributed by atoms with van der Waals surface area (Å²) < 4.78 is 0. The molecule has 0 fully saturated rings. The van der Waals surface area contributed by atoms with E-state index in [4.69, 9.17) is 17.3 Å². The van der Waals surface area contributed by atoms with Crippen LogP contribution in [0.5, 0.6) is 0 Å². The van der Waals surface area contributed by atoms with E-state index in [2.05, 4.69) is 15.2 Å². The first-order valence-electron chi connectivity index (χ1n) is 4.36. The van der Waals surface area contributed by atoms with E-state index >= 15 is 0 Å². The number of nitro benzene ring substituents is 1. The van der Waals surface area contributed by atoms with Crippen LogP contribution in [0.3, 0.4) is 0 Å². The van der Waals surface area contributed by atoms with Crippen molar-refractivity contribution in [2.45, 2.75) is 10.1 Å². The van der Waals surface area contributed by atoms with E-state index in [1.807, 2.05) is 0 Å². The molecule has 0 saturated heterocycles. The molecule has 2 aromatic rings. The van der Waals surface area contributed by atoms with E-state index in [9.17, 15) is 10.1 Å². The first kappa shape index (κ1) is 11.7. The van der Waals surface area contributed by atoms with Gasteiger partial charge in [0.05, 0.1) is 9.95 Å². The van der Waals surface area contributed by atoms with Gasteiger partial charge in [-0.05, 0) is 17.8 Å². The summed E-state index contributed by atoms with van der Waals surface area (Å²) in [5, 5.41) is 17.6. The van der Waals surface area contributed by atoms with Crippen molar-refractivity contribution in [3.05, 3.63) is 33.3 Å². The molecule has 0 aliphatic carbocycles. The molecule has 9 heteroatoms. The number of hydrogen-bond donors (Lipinski definition) is 2. The Morgan fingerprint density at radius 1 is 1.53 bits per heavy atom. The zero-order valence-corrected chi connectivity index (χ0v) is 9.83. The molecule has 88 valence electrons. The fourth-order valence-electron chi connectivity index (χ4n) is 1.14. The number of nitrogens with zero attached hydrogens (tertiary/aromatic N) is 3. The third-order valence-electron chi connectivity index (χ3n) is 1.82. The smallest absolute Gasteiger partial charge is 0.284 e. The summed E-state index contributed by atoms with van der Waals surface area (Å²) in [5.41, 5.74) is 5.27. The summed E-state index contributed by atoms with van der Waals surface area (Å²) in [6.45, 7) is 0. The largest absolute Gasteiger partial charge is 0.368 e. The molecule has 1 heterocycles. The molecule has 0 amide bonds. The molecule has 0 atom stereocenters. The molecular formula is C8H6ClN5O2S. The van der Waals surface area contributed by atoms with Crippen molar-refractivity contribution in [2.75, 3.05) is 5.73 Å². The van der Waals surface area contributed by atoms with Gasteiger partial charge in [-0.1, -0.05) is 17.7 Å². The highest BCUT2D eigenvalue weighted by molar-refractivity contribution is 7.99. The van der Waals surface area contributed by atoms with Crippen molar-refractivity contribution in [2.24, 2.45) is 0 Å². The highest BCUT2D eigenvalue weighted by Crippen LogP contribution is 2.38. The molecule has 17 heavy (non-hydrogen) atoms. The van der Waals surface area contributed by atoms with Crippen LogP contribution in [0.25, 0.3) is 0 Å². The first-order valence-corrected chi connectivity index (χ1v) is 5.56. The van der Waals surface area contributed by atoms with Gasteiger partial charge in [0.15, 0.2) is 0 Å². The number of H-pyrrole nitrogens is 1. The molecule has 0 unspecified atom stereocenters. The lowest BCUT2D eigenvalue weighted by molar-refractivity contribution is -0.387. The van der Waals surface area contributed by atoms with Gasteiger partial charge in [0.25, 0.3) is 5.69 Å². The van der Waals surface area contributed by atoms with Gasteiger partial charge >= 0.3 is 0 Å². The molecule has 2 rings (SSSR count). The minimum atomic E-state index is -0.510. The van der Waals surface area contributed by atoms with E-state index in [0.717, 1.165) is 11.8 Å². The van der Waals surface area contributed by atoms with Gasteiger partial charge in [-0.25, -0.2) is 5.10 Å². The fraction of sp³-hybridized carbons (Fsp3) is 0. The van der Waals surface area contributed by atoms with Crippen LogP contribution in [0.15, 0.2) is 28.3 Å². The molecule has 0 spiro atoms. The second-order valence-corrected chi connectivity index (χ2v) is 4.34. The van der Waals surface area contributed by atoms with E-state index < -0.39 is 4.92 Å². The van der Waals surface area contributed by atoms with Gasteiger partial charge in [0.1, 0.15) is 4.90 Å². The summed E-state index contributed by atoms with van der Waals surface area (Å²) in [7, 11) is 0. The van der Waals surface area contributed by atoms with Crippen LogP contribution in [-0.2, 0) is 0 Å². The molecule has 0 aliphatic rings. The van der Waals surface area contributed by atoms with Crippen molar-refractivity contribution in [3.63, 3.8) is 0 Å². The molecule has 0 bridgehead atoms. The molecule has 1 aromatic heterocycles. The van der Waals surface area contributed by atoms with Crippen molar-refractivity contribution in [3.8, 4) is 0 Å². The number of nitrogens with two attached hydrogens (primary N) is 1. The highest BCUT2D eigenvalue weighted by Gasteiger charge is 2.19. The van der Waals surface area contributed by atoms with Crippen LogP contribution in [-0.4, -0.2) is 20.1 Å². The monoisotopic (exact) mass is 271 g/mol. The number of aromatic nitrogens is 3. The van der Waals surface area contributed by atoms with Crippen molar-refractivity contribution >= 4 is 35.0 Å². The molecule has 3 N–H and O–H groups in total. The standard InChI is InChI=1S/C8H6ClN5O2S/c9-4-2-1-3-5(14(15)16)6(4)17-8-11-7(10)12-13-8/h1-3H,(H3,10,11,12,13). The lowest BCUT2D eigenvalue weighted by atomic mass is 10.3. The van der Waals surface area contributed by atoms with Crippen LogP contribution in [0.1, 0.15) is 0 Å². The summed E-state index contributed by atoms with van der Waals surface area (Å²) in [6, 6.07) is 4.44. The Kier molecular flexibility index (Phi) is 3.16. The van der Waals surface area contributed by atoms with Gasteiger partial charge in [-0.3, -0.25) is 10.1 Å². The molecule has 7 nitrogen and oxygen atoms in total. The van der Waals surface area contributed by atoms with Crippen LogP contribution >= 0.6 is 23.4 Å². The maximum Gasteiger partial charge on any atom is 0.284 e. The van der Waals surface area contributed by atoms with Crippen molar-refractivity contribution in [1.29, 1.82) is 0 Å². The minimum Gasteiger partial charge on any atom is -0.368 e. The molecule has 0 aliphatic heterocycles. The quantitative estimate of drug-likeness (QED) is 0.653. The second-order valence-electron chi connectivity index (χ2n) is 2.95. The van der Waals surface area contributed by atoms with Gasteiger partial charge < -0.3 is 5.73 Å². The van der Waals surface area contributed by atoms with Gasteiger partial charge in [-0.15, -0.1) is 5.10 Å². The third-order valence-corrected chi connectivity index (χ3v) is 3.24. The Bertz CT molecular complexity index is 573. The summed E-state index contributed by atoms with van der Waals surface area (Å²) in [6.07, 6.45) is 0. The van der Waals surface area contributed by atoms with Crippen molar-refractivity contribution < 1.29 is 4.92 Å². The predicted molar refractivity (Wildman–Crippen MR) is 63.0 cm³/mol. The SMILES string of the molecule is Nc1nc(Sc2c(Cl)cccc2[N+](=O)[O-])n[nH]1. The zero-order valence-electron chi connectivity index (χ0n) is 8.25. The Hall–Kier alpha value is -1.80. The van der Waals surface area contributed by atoms with Crippen LogP contribution in [0, 0.1) is 10.1 Å². The Labute approximate surface area is 105 Å². The summed E-state index contributed by atoms with van der Waals surface area (Å²) in [5.74, 6) is 0.141. The molecule has 0 saturated carbocycles. The van der Waals surface area contributed by atoms with Gasteiger partial charge in [0.2, 0.25) is 11.1 Å². The van der Waals surface area contributed by atoms with E-state index in [-0.39, 0.29) is 26.7 Å². The summed E-state index contributed by atoms with van der Waals surface area (Å²) >= 11 is 6.89. The Balaban J connectivity index is 2.40. The maximum absolute atomic E-state index is 10.8. The number of rotatable bonds is 3. The van der Waals surface area contributed by atoms with E-state index in [0.29, 0.717) is 0 Å². The number of nitrogen functional groups attached to an aromatic ring is 1.